The van der Waals surface area contributed by atoms with Crippen LogP contribution in [0.1, 0.15) is 12.8 Å². The molecule has 2 N–H and O–H groups in total. The van der Waals surface area contributed by atoms with Crippen LogP contribution >= 0.6 is 23.2 Å². The van der Waals surface area contributed by atoms with Gasteiger partial charge in [0.15, 0.2) is 11.3 Å². The quantitative estimate of drug-likeness (QED) is 0.407. The van der Waals surface area contributed by atoms with E-state index in [0.29, 0.717) is 53.5 Å². The molecule has 0 spiro atoms. The van der Waals surface area contributed by atoms with E-state index in [0.717, 1.165) is 6.42 Å². The molecule has 1 aliphatic heterocycles. The number of hydrogen-bond donors (Lipinski definition) is 2. The Morgan fingerprint density at radius 3 is 2.66 bits per heavy atom. The van der Waals surface area contributed by atoms with E-state index in [1.165, 1.54) is 30.1 Å². The van der Waals surface area contributed by atoms with Gasteiger partial charge in [-0.25, -0.2) is 0 Å². The van der Waals surface area contributed by atoms with Crippen LogP contribution in [0.3, 0.4) is 0 Å². The van der Waals surface area contributed by atoms with Gasteiger partial charge in [0.25, 0.3) is 5.91 Å². The van der Waals surface area contributed by atoms with Crippen molar-refractivity contribution in [1.29, 1.82) is 0 Å². The second-order valence-corrected chi connectivity index (χ2v) is 9.15. The summed E-state index contributed by atoms with van der Waals surface area (Å²) >= 11 is 11.9. The number of anilines is 1. The van der Waals surface area contributed by atoms with Gasteiger partial charge in [-0.15, -0.1) is 0 Å². The van der Waals surface area contributed by atoms with E-state index < -0.39 is 6.10 Å². The van der Waals surface area contributed by atoms with Gasteiger partial charge in [0.2, 0.25) is 5.91 Å². The molecule has 4 rings (SSSR count). The molecular weight excluding hydrogens is 537 g/mol. The number of pyridine rings is 1. The number of hydrogen-bond acceptors (Lipinski definition) is 7. The number of carbonyl (C=O) groups excluding carboxylic acids is 2. The average molecular weight is 566 g/mol. The van der Waals surface area contributed by atoms with Crippen molar-refractivity contribution in [3.63, 3.8) is 0 Å². The Kier molecular flexibility index (Phi) is 11.0. The lowest BCUT2D eigenvalue weighted by atomic mass is 10.2. The summed E-state index contributed by atoms with van der Waals surface area (Å²) in [7, 11) is 3.19. The number of H-pyrrole nitrogens is 1. The maximum Gasteiger partial charge on any atom is 0.253 e. The summed E-state index contributed by atoms with van der Waals surface area (Å²) in [5, 5.41) is 7.84. The third-order valence-corrected chi connectivity index (χ3v) is 5.78. The van der Waals surface area contributed by atoms with Crippen LogP contribution in [0, 0.1) is 0 Å². The number of rotatable bonds is 9. The van der Waals surface area contributed by atoms with E-state index in [9.17, 15) is 14.4 Å². The number of nitrogens with one attached hydrogen (secondary N) is 2. The summed E-state index contributed by atoms with van der Waals surface area (Å²) in [6.07, 6.45) is 5.84. The van der Waals surface area contributed by atoms with Crippen molar-refractivity contribution in [3.05, 3.63) is 69.2 Å². The van der Waals surface area contributed by atoms with Crippen LogP contribution in [0.5, 0.6) is 11.6 Å². The second kappa shape index (κ2) is 14.4. The lowest BCUT2D eigenvalue weighted by Crippen LogP contribution is -2.33. The Hall–Kier alpha value is -3.54. The normalized spacial score (nSPS) is 14.3. The van der Waals surface area contributed by atoms with Gasteiger partial charge in [0.05, 0.1) is 25.5 Å². The van der Waals surface area contributed by atoms with Gasteiger partial charge >= 0.3 is 0 Å². The van der Waals surface area contributed by atoms with E-state index in [2.05, 4.69) is 15.4 Å². The summed E-state index contributed by atoms with van der Waals surface area (Å²) in [5.74, 6) is 0.700. The molecule has 1 fully saturated rings. The standard InChI is InChI=1S/C19H22Cl2N4O4.C6H7NO2/c1-24(4-6-28-16-8-13(20)7-14(21)9-16)18(26)12-25-11-15(10-22-25)23-19(27)17-3-2-5-29-17;1-9-6-4-5(8)2-3-7-6/h7-11,17H,2-6,12H2,1H3,(H,23,27);2-4H,1H3,(H,7,8). The average Bonchev–Trinajstić information content (AvgIpc) is 3.56. The zero-order chi connectivity index (χ0) is 27.5. The summed E-state index contributed by atoms with van der Waals surface area (Å²) in [6.45, 7) is 1.33. The monoisotopic (exact) mass is 565 g/mol. The van der Waals surface area contributed by atoms with Crippen molar-refractivity contribution >= 4 is 40.7 Å². The molecule has 0 aliphatic carbocycles. The highest BCUT2D eigenvalue weighted by atomic mass is 35.5. The number of benzene rings is 1. The zero-order valence-electron chi connectivity index (χ0n) is 21.0. The molecule has 0 saturated carbocycles. The van der Waals surface area contributed by atoms with Gasteiger partial charge in [0.1, 0.15) is 25.0 Å². The second-order valence-electron chi connectivity index (χ2n) is 8.28. The highest BCUT2D eigenvalue weighted by molar-refractivity contribution is 6.34. The minimum atomic E-state index is -0.416. The molecule has 3 heterocycles. The van der Waals surface area contributed by atoms with Crippen LogP contribution in [0.15, 0.2) is 53.7 Å². The minimum Gasteiger partial charge on any atom is -0.492 e. The largest absolute Gasteiger partial charge is 0.492 e. The van der Waals surface area contributed by atoms with Crippen molar-refractivity contribution < 1.29 is 23.8 Å². The molecule has 0 bridgehead atoms. The topological polar surface area (TPSA) is 128 Å². The van der Waals surface area contributed by atoms with Crippen molar-refractivity contribution in [1.82, 2.24) is 19.7 Å². The van der Waals surface area contributed by atoms with Crippen LogP contribution in [0.2, 0.25) is 10.0 Å². The molecule has 1 aromatic carbocycles. The lowest BCUT2D eigenvalue weighted by Gasteiger charge is -2.17. The molecule has 3 aromatic rings. The third kappa shape index (κ3) is 9.40. The predicted molar refractivity (Wildman–Crippen MR) is 143 cm³/mol. The number of aromatic amines is 1. The number of carbonyl (C=O) groups is 2. The van der Waals surface area contributed by atoms with E-state index >= 15 is 0 Å². The first-order valence-corrected chi connectivity index (χ1v) is 12.5. The Balaban J connectivity index is 0.000000375. The SMILES string of the molecule is CN(CCOc1cc(Cl)cc(Cl)c1)C(=O)Cn1cc(NC(=O)C2CCCO2)cn1.COc1cc(=O)cc[nH]1. The van der Waals surface area contributed by atoms with Gasteiger partial charge < -0.3 is 29.4 Å². The molecule has 1 atom stereocenters. The summed E-state index contributed by atoms with van der Waals surface area (Å²) < 4.78 is 17.1. The predicted octanol–water partition coefficient (Wildman–Crippen LogP) is 3.23. The minimum absolute atomic E-state index is 0.0504. The molecule has 204 valence electrons. The first kappa shape index (κ1) is 29.0. The van der Waals surface area contributed by atoms with Gasteiger partial charge in [0, 0.05) is 48.2 Å². The van der Waals surface area contributed by atoms with Crippen molar-refractivity contribution in [2.45, 2.75) is 25.5 Å². The van der Waals surface area contributed by atoms with E-state index in [1.807, 2.05) is 0 Å². The van der Waals surface area contributed by atoms with E-state index in [4.69, 9.17) is 37.4 Å². The Labute approximate surface area is 229 Å². The number of nitrogens with zero attached hydrogens (tertiary/aromatic N) is 3. The number of likely N-dealkylation sites (N-methyl/N-ethyl adjacent to an activating group) is 1. The van der Waals surface area contributed by atoms with Crippen LogP contribution in [-0.2, 0) is 20.9 Å². The Bertz CT molecular complexity index is 1250. The summed E-state index contributed by atoms with van der Waals surface area (Å²) in [6, 6.07) is 7.76. The molecule has 38 heavy (non-hydrogen) atoms. The lowest BCUT2D eigenvalue weighted by molar-refractivity contribution is -0.131. The Morgan fingerprint density at radius 2 is 2.03 bits per heavy atom. The summed E-state index contributed by atoms with van der Waals surface area (Å²) in [5.41, 5.74) is 0.479. The molecule has 1 saturated heterocycles. The first-order valence-electron chi connectivity index (χ1n) is 11.7. The molecule has 11 nitrogen and oxygen atoms in total. The number of amides is 2. The van der Waals surface area contributed by atoms with Crippen molar-refractivity contribution in [3.8, 4) is 11.6 Å². The molecule has 1 unspecified atom stereocenters. The van der Waals surface area contributed by atoms with Crippen LogP contribution in [0.25, 0.3) is 0 Å². The number of ether oxygens (including phenoxy) is 3. The Morgan fingerprint density at radius 1 is 1.26 bits per heavy atom. The fourth-order valence-corrected chi connectivity index (χ4v) is 3.87. The maximum absolute atomic E-state index is 12.4. The van der Waals surface area contributed by atoms with E-state index in [-0.39, 0.29) is 23.8 Å². The van der Waals surface area contributed by atoms with Crippen molar-refractivity contribution in [2.75, 3.05) is 39.2 Å². The molecule has 1 aliphatic rings. The van der Waals surface area contributed by atoms with Crippen LogP contribution < -0.4 is 20.2 Å². The molecule has 13 heteroatoms. The highest BCUT2D eigenvalue weighted by Crippen LogP contribution is 2.24. The summed E-state index contributed by atoms with van der Waals surface area (Å²) in [4.78, 5) is 39.2. The van der Waals surface area contributed by atoms with Gasteiger partial charge in [-0.1, -0.05) is 23.2 Å². The number of methoxy groups -OCH3 is 1. The number of aromatic nitrogens is 3. The smallest absolute Gasteiger partial charge is 0.253 e. The fourth-order valence-electron chi connectivity index (χ4n) is 3.36. The maximum atomic E-state index is 12.4. The van der Waals surface area contributed by atoms with Gasteiger partial charge in [-0.05, 0) is 31.0 Å². The van der Waals surface area contributed by atoms with Crippen LogP contribution in [0.4, 0.5) is 5.69 Å². The fraction of sp³-hybridized carbons (Fsp3) is 0.360. The number of halogens is 2. The molecule has 2 amide bonds. The van der Waals surface area contributed by atoms with Gasteiger partial charge in [-0.2, -0.15) is 5.10 Å². The molecule has 2 aromatic heterocycles. The third-order valence-electron chi connectivity index (χ3n) is 5.34. The first-order chi connectivity index (χ1) is 18.2. The highest BCUT2D eigenvalue weighted by Gasteiger charge is 2.24. The molecule has 0 radical (unpaired) electrons. The molecular formula is C25H29Cl2N5O6. The van der Waals surface area contributed by atoms with Crippen molar-refractivity contribution in [2.24, 2.45) is 0 Å². The van der Waals surface area contributed by atoms with Gasteiger partial charge in [-0.3, -0.25) is 19.1 Å². The van der Waals surface area contributed by atoms with Crippen LogP contribution in [-0.4, -0.2) is 71.5 Å². The zero-order valence-corrected chi connectivity index (χ0v) is 22.5. The van der Waals surface area contributed by atoms with E-state index in [1.54, 1.807) is 42.5 Å².